The molecule has 0 spiro atoms. The number of unbranched alkanes of at least 4 members (excludes halogenated alkanes) is 8. The van der Waals surface area contributed by atoms with Gasteiger partial charge in [-0.3, -0.25) is 9.59 Å². The van der Waals surface area contributed by atoms with E-state index in [9.17, 15) is 14.7 Å². The molecule has 2 N–H and O–H groups in total. The van der Waals surface area contributed by atoms with Gasteiger partial charge in [-0.2, -0.15) is 0 Å². The van der Waals surface area contributed by atoms with Crippen LogP contribution in [-0.2, 0) is 14.3 Å². The highest BCUT2D eigenvalue weighted by Gasteiger charge is 2.53. The molecule has 0 unspecified atom stereocenters. The van der Waals surface area contributed by atoms with E-state index in [1.54, 1.807) is 6.08 Å². The second-order valence-corrected chi connectivity index (χ2v) is 6.96. The molecule has 5 heteroatoms. The normalized spacial score (nSPS) is 27.5. The molecule has 4 atom stereocenters. The Morgan fingerprint density at radius 1 is 0.917 bits per heavy atom. The van der Waals surface area contributed by atoms with Gasteiger partial charge in [0.05, 0.1) is 18.1 Å². The maximum atomic E-state index is 12.3. The number of rotatable bonds is 12. The van der Waals surface area contributed by atoms with Crippen LogP contribution in [0.2, 0.25) is 0 Å². The van der Waals surface area contributed by atoms with Crippen LogP contribution in [0.15, 0.2) is 12.2 Å². The van der Waals surface area contributed by atoms with Crippen molar-refractivity contribution < 1.29 is 19.4 Å². The van der Waals surface area contributed by atoms with E-state index < -0.39 is 23.9 Å². The van der Waals surface area contributed by atoms with Crippen molar-refractivity contribution in [3.63, 3.8) is 0 Å². The Morgan fingerprint density at radius 3 is 2.04 bits per heavy atom. The van der Waals surface area contributed by atoms with E-state index >= 15 is 0 Å². The molecular weight excluding hydrogens is 306 g/mol. The first kappa shape index (κ1) is 19.0. The molecule has 1 fully saturated rings. The van der Waals surface area contributed by atoms with Crippen LogP contribution in [0.5, 0.6) is 0 Å². The number of hydrogen-bond donors (Lipinski definition) is 2. The molecule has 2 heterocycles. The monoisotopic (exact) mass is 337 g/mol. The van der Waals surface area contributed by atoms with Crippen molar-refractivity contribution in [1.29, 1.82) is 0 Å². The fourth-order valence-electron chi connectivity index (χ4n) is 3.68. The molecule has 2 aliphatic heterocycles. The fourth-order valence-corrected chi connectivity index (χ4v) is 3.68. The van der Waals surface area contributed by atoms with E-state index in [-0.39, 0.29) is 12.0 Å². The quantitative estimate of drug-likeness (QED) is 0.423. The average molecular weight is 337 g/mol. The fraction of sp³-hybridized carbons (Fsp3) is 0.789. The predicted octanol–water partition coefficient (Wildman–Crippen LogP) is 3.29. The van der Waals surface area contributed by atoms with E-state index in [0.717, 1.165) is 12.8 Å². The summed E-state index contributed by atoms with van der Waals surface area (Å²) in [5, 5.41) is 12.2. The molecule has 2 bridgehead atoms. The van der Waals surface area contributed by atoms with Crippen LogP contribution in [-0.4, -0.2) is 35.7 Å². The lowest BCUT2D eigenvalue weighted by molar-refractivity contribution is -0.146. The Balaban J connectivity index is 1.55. The van der Waals surface area contributed by atoms with Crippen LogP contribution in [0, 0.1) is 11.8 Å². The van der Waals surface area contributed by atoms with Gasteiger partial charge in [0, 0.05) is 6.54 Å². The molecular formula is C19H31NO4. The summed E-state index contributed by atoms with van der Waals surface area (Å²) in [5.74, 6) is -2.46. The molecule has 2 aliphatic rings. The third-order valence-corrected chi connectivity index (χ3v) is 5.07. The first-order valence-corrected chi connectivity index (χ1v) is 9.49. The van der Waals surface area contributed by atoms with Crippen LogP contribution in [0.25, 0.3) is 0 Å². The van der Waals surface area contributed by atoms with E-state index in [1.165, 1.54) is 44.9 Å². The second kappa shape index (κ2) is 9.82. The zero-order valence-electron chi connectivity index (χ0n) is 14.7. The lowest BCUT2D eigenvalue weighted by Gasteiger charge is -2.20. The van der Waals surface area contributed by atoms with Crippen molar-refractivity contribution in [2.45, 2.75) is 76.9 Å². The maximum absolute atomic E-state index is 12.3. The first-order valence-electron chi connectivity index (χ1n) is 9.49. The van der Waals surface area contributed by atoms with Gasteiger partial charge in [0.2, 0.25) is 5.91 Å². The topological polar surface area (TPSA) is 75.6 Å². The summed E-state index contributed by atoms with van der Waals surface area (Å²) >= 11 is 0. The summed E-state index contributed by atoms with van der Waals surface area (Å²) < 4.78 is 5.53. The molecule has 0 radical (unpaired) electrons. The summed E-state index contributed by atoms with van der Waals surface area (Å²) in [6, 6.07) is 0. The van der Waals surface area contributed by atoms with Crippen molar-refractivity contribution >= 4 is 11.9 Å². The first-order chi connectivity index (χ1) is 11.6. The predicted molar refractivity (Wildman–Crippen MR) is 92.7 cm³/mol. The zero-order valence-corrected chi connectivity index (χ0v) is 14.7. The van der Waals surface area contributed by atoms with E-state index in [4.69, 9.17) is 4.74 Å². The van der Waals surface area contributed by atoms with Crippen LogP contribution >= 0.6 is 0 Å². The lowest BCUT2D eigenvalue weighted by atomic mass is 9.82. The van der Waals surface area contributed by atoms with E-state index in [1.807, 2.05) is 6.08 Å². The number of amides is 1. The van der Waals surface area contributed by atoms with Gasteiger partial charge in [-0.15, -0.1) is 0 Å². The standard InChI is InChI=1S/C19H31NO4/c1-2-3-4-5-6-7-8-9-10-13-20-18(21)16-14-11-12-15(24-14)17(16)19(22)23/h11-12,14-17H,2-10,13H2,1H3,(H,20,21)(H,22,23)/t14-,15-,16+,17-/m0/s1. The SMILES string of the molecule is CCCCCCCCCCCNC(=O)[C@H]1[C@@H](C(=O)O)[C@@H]2C=C[C@@H]1O2. The molecule has 0 saturated carbocycles. The number of nitrogens with one attached hydrogen (secondary N) is 1. The van der Waals surface area contributed by atoms with E-state index in [0.29, 0.717) is 6.54 Å². The maximum Gasteiger partial charge on any atom is 0.310 e. The molecule has 0 aliphatic carbocycles. The summed E-state index contributed by atoms with van der Waals surface area (Å²) in [6.07, 6.45) is 13.9. The molecule has 0 aromatic carbocycles. The highest BCUT2D eigenvalue weighted by atomic mass is 16.5. The number of ether oxygens (including phenoxy) is 1. The molecule has 5 nitrogen and oxygen atoms in total. The van der Waals surface area contributed by atoms with Gasteiger partial charge in [0.1, 0.15) is 5.92 Å². The molecule has 2 rings (SSSR count). The summed E-state index contributed by atoms with van der Waals surface area (Å²) in [6.45, 7) is 2.85. The highest BCUT2D eigenvalue weighted by molar-refractivity contribution is 5.87. The third-order valence-electron chi connectivity index (χ3n) is 5.07. The highest BCUT2D eigenvalue weighted by Crippen LogP contribution is 2.39. The Labute approximate surface area is 144 Å². The molecule has 0 aromatic rings. The van der Waals surface area contributed by atoms with E-state index in [2.05, 4.69) is 12.2 Å². The minimum absolute atomic E-state index is 0.182. The van der Waals surface area contributed by atoms with Gasteiger partial charge in [0.25, 0.3) is 0 Å². The summed E-state index contributed by atoms with van der Waals surface area (Å²) in [5.41, 5.74) is 0. The van der Waals surface area contributed by atoms with Crippen molar-refractivity contribution in [1.82, 2.24) is 5.32 Å². The van der Waals surface area contributed by atoms with Crippen LogP contribution in [0.3, 0.4) is 0 Å². The largest absolute Gasteiger partial charge is 0.481 e. The Kier molecular flexibility index (Phi) is 7.76. The van der Waals surface area contributed by atoms with Crippen LogP contribution in [0.1, 0.15) is 64.7 Å². The average Bonchev–Trinajstić information content (AvgIpc) is 3.17. The van der Waals surface area contributed by atoms with Gasteiger partial charge in [-0.25, -0.2) is 0 Å². The number of carboxylic acids is 1. The number of carbonyl (C=O) groups excluding carboxylic acids is 1. The van der Waals surface area contributed by atoms with Crippen molar-refractivity contribution in [3.8, 4) is 0 Å². The van der Waals surface area contributed by atoms with Gasteiger partial charge < -0.3 is 15.2 Å². The van der Waals surface area contributed by atoms with Crippen LogP contribution < -0.4 is 5.32 Å². The number of hydrogen-bond acceptors (Lipinski definition) is 3. The summed E-state index contributed by atoms with van der Waals surface area (Å²) in [7, 11) is 0. The Morgan fingerprint density at radius 2 is 1.46 bits per heavy atom. The molecule has 136 valence electrons. The second-order valence-electron chi connectivity index (χ2n) is 6.96. The Bertz CT molecular complexity index is 449. The summed E-state index contributed by atoms with van der Waals surface area (Å²) in [4.78, 5) is 23.7. The van der Waals surface area contributed by atoms with Crippen molar-refractivity contribution in [3.05, 3.63) is 12.2 Å². The molecule has 24 heavy (non-hydrogen) atoms. The Hall–Kier alpha value is -1.36. The van der Waals surface area contributed by atoms with Gasteiger partial charge in [-0.1, -0.05) is 70.4 Å². The van der Waals surface area contributed by atoms with Gasteiger partial charge in [0.15, 0.2) is 0 Å². The minimum atomic E-state index is -0.949. The molecule has 1 amide bonds. The zero-order chi connectivity index (χ0) is 17.4. The molecule has 0 aromatic heterocycles. The number of carbonyl (C=O) groups is 2. The molecule has 1 saturated heterocycles. The van der Waals surface area contributed by atoms with Crippen molar-refractivity contribution in [2.24, 2.45) is 11.8 Å². The smallest absolute Gasteiger partial charge is 0.310 e. The number of carboxylic acid groups (broad SMARTS) is 1. The van der Waals surface area contributed by atoms with Crippen LogP contribution in [0.4, 0.5) is 0 Å². The van der Waals surface area contributed by atoms with Gasteiger partial charge >= 0.3 is 5.97 Å². The lowest BCUT2D eigenvalue weighted by Crippen LogP contribution is -2.42. The number of fused-ring (bicyclic) bond motifs is 2. The third kappa shape index (κ3) is 5.07. The minimum Gasteiger partial charge on any atom is -0.481 e. The van der Waals surface area contributed by atoms with Crippen molar-refractivity contribution in [2.75, 3.05) is 6.54 Å². The number of aliphatic carboxylic acids is 1. The van der Waals surface area contributed by atoms with Gasteiger partial charge in [-0.05, 0) is 6.42 Å².